The summed E-state index contributed by atoms with van der Waals surface area (Å²) in [5.41, 5.74) is 2.06. The lowest BCUT2D eigenvalue weighted by Crippen LogP contribution is -2.13. The summed E-state index contributed by atoms with van der Waals surface area (Å²) < 4.78 is 0. The molecule has 1 saturated carbocycles. The number of rotatable bonds is 3. The first-order chi connectivity index (χ1) is 7.75. The third-order valence-corrected chi connectivity index (χ3v) is 4.17. The van der Waals surface area contributed by atoms with E-state index in [0.717, 1.165) is 30.1 Å². The molecule has 3 rings (SSSR count). The zero-order chi connectivity index (χ0) is 11.2. The van der Waals surface area contributed by atoms with Gasteiger partial charge in [0, 0.05) is 5.69 Å². The fourth-order valence-corrected chi connectivity index (χ4v) is 2.76. The van der Waals surface area contributed by atoms with Crippen LogP contribution in [0.1, 0.15) is 24.4 Å². The average Bonchev–Trinajstić information content (AvgIpc) is 2.73. The molecule has 84 valence electrons. The minimum absolute atomic E-state index is 0.0692. The highest BCUT2D eigenvalue weighted by Crippen LogP contribution is 2.47. The first-order valence-electron chi connectivity index (χ1n) is 5.47. The minimum atomic E-state index is -0.0692. The first-order valence-corrected chi connectivity index (χ1v) is 6.35. The largest absolute Gasteiger partial charge is 0.395 e. The van der Waals surface area contributed by atoms with Crippen molar-refractivity contribution in [2.45, 2.75) is 25.2 Å². The van der Waals surface area contributed by atoms with Crippen LogP contribution in [0.15, 0.2) is 17.5 Å². The number of imidazole rings is 1. The topological polar surface area (TPSA) is 48.9 Å². The van der Waals surface area contributed by atoms with E-state index in [4.69, 9.17) is 0 Å². The van der Waals surface area contributed by atoms with E-state index in [1.807, 2.05) is 13.0 Å². The van der Waals surface area contributed by atoms with E-state index >= 15 is 0 Å². The van der Waals surface area contributed by atoms with Crippen LogP contribution in [-0.2, 0) is 5.41 Å². The Kier molecular flexibility index (Phi) is 2.16. The van der Waals surface area contributed by atoms with Crippen LogP contribution in [0.3, 0.4) is 0 Å². The van der Waals surface area contributed by atoms with Crippen LogP contribution in [0.2, 0.25) is 0 Å². The Labute approximate surface area is 98.2 Å². The van der Waals surface area contributed by atoms with Gasteiger partial charge in [0.2, 0.25) is 0 Å². The zero-order valence-corrected chi connectivity index (χ0v) is 9.97. The number of nitrogens with zero attached hydrogens (tertiary/aromatic N) is 1. The van der Waals surface area contributed by atoms with E-state index in [0.29, 0.717) is 0 Å². The number of hydrogen-bond donors (Lipinski definition) is 2. The first kappa shape index (κ1) is 10.1. The van der Waals surface area contributed by atoms with Crippen molar-refractivity contribution in [3.05, 3.63) is 29.0 Å². The molecule has 0 aliphatic heterocycles. The fourth-order valence-electron chi connectivity index (χ4n) is 1.99. The molecule has 4 heteroatoms. The van der Waals surface area contributed by atoms with Gasteiger partial charge in [0.1, 0.15) is 11.5 Å². The van der Waals surface area contributed by atoms with E-state index in [-0.39, 0.29) is 12.0 Å². The highest BCUT2D eigenvalue weighted by Gasteiger charge is 2.46. The van der Waals surface area contributed by atoms with Gasteiger partial charge in [0.15, 0.2) is 0 Å². The molecule has 2 aromatic rings. The number of aliphatic hydroxyl groups excluding tert-OH is 1. The van der Waals surface area contributed by atoms with Crippen molar-refractivity contribution in [3.63, 3.8) is 0 Å². The van der Waals surface area contributed by atoms with Gasteiger partial charge in [-0.15, -0.1) is 11.3 Å². The molecule has 0 bridgehead atoms. The summed E-state index contributed by atoms with van der Waals surface area (Å²) in [4.78, 5) is 9.16. The molecule has 1 fully saturated rings. The van der Waals surface area contributed by atoms with E-state index < -0.39 is 0 Å². The van der Waals surface area contributed by atoms with E-state index in [9.17, 15) is 5.11 Å². The van der Waals surface area contributed by atoms with Crippen molar-refractivity contribution in [1.29, 1.82) is 0 Å². The van der Waals surface area contributed by atoms with Gasteiger partial charge in [0.05, 0.1) is 16.9 Å². The molecule has 0 radical (unpaired) electrons. The van der Waals surface area contributed by atoms with E-state index in [2.05, 4.69) is 21.4 Å². The van der Waals surface area contributed by atoms with Gasteiger partial charge in [-0.3, -0.25) is 0 Å². The third kappa shape index (κ3) is 1.41. The molecule has 2 aromatic heterocycles. The Morgan fingerprint density at radius 3 is 2.94 bits per heavy atom. The molecule has 1 aliphatic carbocycles. The molecule has 16 heavy (non-hydrogen) atoms. The molecule has 0 saturated heterocycles. The molecule has 2 heterocycles. The number of H-pyrrole nitrogens is 1. The summed E-state index contributed by atoms with van der Waals surface area (Å²) >= 11 is 1.70. The van der Waals surface area contributed by atoms with Crippen molar-refractivity contribution >= 4 is 11.3 Å². The monoisotopic (exact) mass is 234 g/mol. The molecule has 2 N–H and O–H groups in total. The Balaban J connectivity index is 2.03. The number of hydrogen-bond acceptors (Lipinski definition) is 3. The van der Waals surface area contributed by atoms with Gasteiger partial charge in [0.25, 0.3) is 0 Å². The van der Waals surface area contributed by atoms with Crippen LogP contribution in [0, 0.1) is 6.92 Å². The second-order valence-corrected chi connectivity index (χ2v) is 5.42. The Bertz CT molecular complexity index is 497. The van der Waals surface area contributed by atoms with Gasteiger partial charge in [-0.05, 0) is 31.2 Å². The van der Waals surface area contributed by atoms with E-state index in [1.165, 1.54) is 4.88 Å². The molecule has 1 aliphatic rings. The van der Waals surface area contributed by atoms with Crippen molar-refractivity contribution < 1.29 is 5.11 Å². The second-order valence-electron chi connectivity index (χ2n) is 4.47. The summed E-state index contributed by atoms with van der Waals surface area (Å²) in [5, 5.41) is 11.4. The molecule has 0 unspecified atom stereocenters. The zero-order valence-electron chi connectivity index (χ0n) is 9.16. The Hall–Kier alpha value is -1.13. The maximum Gasteiger partial charge on any atom is 0.115 e. The molecule has 0 amide bonds. The van der Waals surface area contributed by atoms with Crippen molar-refractivity contribution in [3.8, 4) is 10.6 Å². The maximum absolute atomic E-state index is 9.38. The molecular formula is C12H14N2OS. The molecule has 0 aromatic carbocycles. The van der Waals surface area contributed by atoms with Crippen LogP contribution in [-0.4, -0.2) is 21.7 Å². The Morgan fingerprint density at radius 2 is 2.38 bits per heavy atom. The van der Waals surface area contributed by atoms with Crippen molar-refractivity contribution in [2.24, 2.45) is 0 Å². The fraction of sp³-hybridized carbons (Fsp3) is 0.417. The summed E-state index contributed by atoms with van der Waals surface area (Å²) in [6.07, 6.45) is 2.08. The highest BCUT2D eigenvalue weighted by molar-refractivity contribution is 7.13. The van der Waals surface area contributed by atoms with Crippen LogP contribution >= 0.6 is 11.3 Å². The van der Waals surface area contributed by atoms with Crippen LogP contribution in [0.4, 0.5) is 0 Å². The molecule has 0 atom stereocenters. The summed E-state index contributed by atoms with van der Waals surface area (Å²) in [6, 6.07) is 4.11. The predicted octanol–water partition coefficient (Wildman–Crippen LogP) is 2.47. The van der Waals surface area contributed by atoms with Gasteiger partial charge in [-0.2, -0.15) is 0 Å². The average molecular weight is 234 g/mol. The quantitative estimate of drug-likeness (QED) is 0.857. The second kappa shape index (κ2) is 3.43. The molecule has 3 nitrogen and oxygen atoms in total. The van der Waals surface area contributed by atoms with Crippen molar-refractivity contribution in [1.82, 2.24) is 9.97 Å². The van der Waals surface area contributed by atoms with Crippen LogP contribution in [0.25, 0.3) is 10.6 Å². The van der Waals surface area contributed by atoms with Gasteiger partial charge in [-0.1, -0.05) is 6.07 Å². The predicted molar refractivity (Wildman–Crippen MR) is 64.6 cm³/mol. The van der Waals surface area contributed by atoms with Crippen LogP contribution < -0.4 is 0 Å². The lowest BCUT2D eigenvalue weighted by Gasteiger charge is -2.06. The number of nitrogens with one attached hydrogen (secondary N) is 1. The highest BCUT2D eigenvalue weighted by atomic mass is 32.1. The van der Waals surface area contributed by atoms with Gasteiger partial charge in [-0.25, -0.2) is 4.98 Å². The molecular weight excluding hydrogens is 220 g/mol. The summed E-state index contributed by atoms with van der Waals surface area (Å²) in [5.74, 6) is 0.955. The summed E-state index contributed by atoms with van der Waals surface area (Å²) in [6.45, 7) is 2.24. The van der Waals surface area contributed by atoms with Crippen LogP contribution in [0.5, 0.6) is 0 Å². The smallest absolute Gasteiger partial charge is 0.115 e. The number of aromatic amines is 1. The normalized spacial score (nSPS) is 17.6. The maximum atomic E-state index is 9.38. The minimum Gasteiger partial charge on any atom is -0.395 e. The lowest BCUT2D eigenvalue weighted by atomic mass is 10.1. The number of thiophene rings is 1. The standard InChI is InChI=1S/C12H14N2OS/c1-8-10(9-3-2-6-16-9)14-11(13-8)12(7-15)4-5-12/h2-3,6,15H,4-5,7H2,1H3,(H,13,14). The number of aromatic nitrogens is 2. The summed E-state index contributed by atoms with van der Waals surface area (Å²) in [7, 11) is 0. The van der Waals surface area contributed by atoms with Gasteiger partial charge >= 0.3 is 0 Å². The van der Waals surface area contributed by atoms with Gasteiger partial charge < -0.3 is 10.1 Å². The number of aliphatic hydroxyl groups is 1. The number of aryl methyl sites for hydroxylation is 1. The SMILES string of the molecule is Cc1[nH]c(C2(CO)CC2)nc1-c1cccs1. The Morgan fingerprint density at radius 1 is 1.56 bits per heavy atom. The molecule has 0 spiro atoms. The van der Waals surface area contributed by atoms with E-state index in [1.54, 1.807) is 11.3 Å². The lowest BCUT2D eigenvalue weighted by molar-refractivity contribution is 0.250. The van der Waals surface area contributed by atoms with Crippen molar-refractivity contribution in [2.75, 3.05) is 6.61 Å². The third-order valence-electron chi connectivity index (χ3n) is 3.30.